The molecule has 0 atom stereocenters. The van der Waals surface area contributed by atoms with Gasteiger partial charge >= 0.3 is 0 Å². The molecule has 1 N–H and O–H groups in total. The number of rotatable bonds is 6. The van der Waals surface area contributed by atoms with Crippen LogP contribution in [0.4, 0.5) is 5.69 Å². The van der Waals surface area contributed by atoms with Gasteiger partial charge in [0.2, 0.25) is 5.91 Å². The summed E-state index contributed by atoms with van der Waals surface area (Å²) in [5.41, 5.74) is 2.27. The van der Waals surface area contributed by atoms with Crippen LogP contribution < -0.4 is 10.9 Å². The molecular weight excluding hydrogens is 356 g/mol. The third-order valence-electron chi connectivity index (χ3n) is 4.36. The molecule has 0 saturated carbocycles. The molecule has 0 aliphatic carbocycles. The van der Waals surface area contributed by atoms with Gasteiger partial charge in [0.25, 0.3) is 5.56 Å². The van der Waals surface area contributed by atoms with Crippen LogP contribution in [-0.2, 0) is 17.9 Å². The Morgan fingerprint density at radius 3 is 2.64 bits per heavy atom. The summed E-state index contributed by atoms with van der Waals surface area (Å²) in [4.78, 5) is 32.9. The quantitative estimate of drug-likeness (QED) is 0.557. The lowest BCUT2D eigenvalue weighted by molar-refractivity contribution is -0.116. The Balaban J connectivity index is 1.36. The summed E-state index contributed by atoms with van der Waals surface area (Å²) in [5, 5.41) is 7.46. The standard InChI is InChI=1S/C20H18N6O2/c27-19(9-10-25-14-22-18-4-2-1-3-17(18)20(25)28)24-16-7-5-15(6-8-16)11-26-13-21-12-23-26/h1-8,12-14H,9-11H2,(H,24,27). The smallest absolute Gasteiger partial charge is 0.261 e. The van der Waals surface area contributed by atoms with Gasteiger partial charge < -0.3 is 5.32 Å². The van der Waals surface area contributed by atoms with Crippen LogP contribution in [0.25, 0.3) is 10.9 Å². The first-order chi connectivity index (χ1) is 13.7. The van der Waals surface area contributed by atoms with Crippen molar-refractivity contribution >= 4 is 22.5 Å². The molecule has 4 aromatic rings. The van der Waals surface area contributed by atoms with Crippen LogP contribution in [-0.4, -0.2) is 30.2 Å². The first-order valence-corrected chi connectivity index (χ1v) is 8.84. The Labute approximate surface area is 160 Å². The van der Waals surface area contributed by atoms with Crippen molar-refractivity contribution in [2.45, 2.75) is 19.5 Å². The highest BCUT2D eigenvalue weighted by atomic mass is 16.1. The van der Waals surface area contributed by atoms with Crippen molar-refractivity contribution in [2.24, 2.45) is 0 Å². The van der Waals surface area contributed by atoms with Crippen molar-refractivity contribution in [3.8, 4) is 0 Å². The Hall–Kier alpha value is -3.81. The van der Waals surface area contributed by atoms with E-state index in [1.165, 1.54) is 17.2 Å². The minimum absolute atomic E-state index is 0.143. The van der Waals surface area contributed by atoms with Crippen molar-refractivity contribution in [3.63, 3.8) is 0 Å². The predicted octanol–water partition coefficient (Wildman–Crippen LogP) is 2.07. The van der Waals surface area contributed by atoms with Gasteiger partial charge in [-0.15, -0.1) is 0 Å². The highest BCUT2D eigenvalue weighted by Crippen LogP contribution is 2.11. The largest absolute Gasteiger partial charge is 0.326 e. The minimum Gasteiger partial charge on any atom is -0.326 e. The van der Waals surface area contributed by atoms with Crippen LogP contribution in [0.5, 0.6) is 0 Å². The van der Waals surface area contributed by atoms with E-state index in [0.717, 1.165) is 5.56 Å². The predicted molar refractivity (Wildman–Crippen MR) is 105 cm³/mol. The fraction of sp³-hybridized carbons (Fsp3) is 0.150. The van der Waals surface area contributed by atoms with E-state index in [-0.39, 0.29) is 24.4 Å². The molecule has 2 heterocycles. The number of carbonyl (C=O) groups is 1. The second kappa shape index (κ2) is 7.83. The number of nitrogens with zero attached hydrogens (tertiary/aromatic N) is 5. The Kier molecular flexibility index (Phi) is 4.92. The van der Waals surface area contributed by atoms with Gasteiger partial charge in [0.1, 0.15) is 12.7 Å². The molecule has 0 fully saturated rings. The molecule has 0 aliphatic heterocycles. The van der Waals surface area contributed by atoms with Crippen LogP contribution >= 0.6 is 0 Å². The van der Waals surface area contributed by atoms with Gasteiger partial charge in [-0.2, -0.15) is 5.10 Å². The average Bonchev–Trinajstić information content (AvgIpc) is 3.22. The van der Waals surface area contributed by atoms with Crippen molar-refractivity contribution in [3.05, 3.63) is 83.4 Å². The molecule has 4 rings (SSSR count). The van der Waals surface area contributed by atoms with Crippen molar-refractivity contribution in [1.82, 2.24) is 24.3 Å². The van der Waals surface area contributed by atoms with Crippen molar-refractivity contribution < 1.29 is 4.79 Å². The molecule has 1 amide bonds. The lowest BCUT2D eigenvalue weighted by Crippen LogP contribution is -2.23. The van der Waals surface area contributed by atoms with Crippen LogP contribution in [0.15, 0.2) is 72.3 Å². The van der Waals surface area contributed by atoms with Gasteiger partial charge in [-0.05, 0) is 29.8 Å². The zero-order valence-corrected chi connectivity index (χ0v) is 15.0. The number of aryl methyl sites for hydroxylation is 1. The van der Waals surface area contributed by atoms with Gasteiger partial charge in [0, 0.05) is 18.7 Å². The summed E-state index contributed by atoms with van der Waals surface area (Å²) in [6, 6.07) is 14.7. The highest BCUT2D eigenvalue weighted by Gasteiger charge is 2.07. The number of nitrogens with one attached hydrogen (secondary N) is 1. The molecule has 8 nitrogen and oxygen atoms in total. The van der Waals surface area contributed by atoms with Crippen LogP contribution in [0.3, 0.4) is 0 Å². The van der Waals surface area contributed by atoms with Gasteiger partial charge in [-0.3, -0.25) is 14.2 Å². The lowest BCUT2D eigenvalue weighted by Gasteiger charge is -2.08. The molecule has 0 saturated heterocycles. The number of benzene rings is 2. The third kappa shape index (κ3) is 3.96. The maximum atomic E-state index is 12.4. The van der Waals surface area contributed by atoms with E-state index in [4.69, 9.17) is 0 Å². The number of carbonyl (C=O) groups excluding carboxylic acids is 1. The second-order valence-electron chi connectivity index (χ2n) is 6.35. The van der Waals surface area contributed by atoms with Gasteiger partial charge in [-0.25, -0.2) is 14.6 Å². The maximum absolute atomic E-state index is 12.4. The van der Waals surface area contributed by atoms with Crippen molar-refractivity contribution in [1.29, 1.82) is 0 Å². The molecule has 0 aliphatic rings. The van der Waals surface area contributed by atoms with Gasteiger partial charge in [-0.1, -0.05) is 24.3 Å². The second-order valence-corrected chi connectivity index (χ2v) is 6.35. The molecule has 2 aromatic heterocycles. The number of hydrogen-bond donors (Lipinski definition) is 1. The SMILES string of the molecule is O=C(CCn1cnc2ccccc2c1=O)Nc1ccc(Cn2cncn2)cc1. The summed E-state index contributed by atoms with van der Waals surface area (Å²) >= 11 is 0. The summed E-state index contributed by atoms with van der Waals surface area (Å²) in [7, 11) is 0. The van der Waals surface area contributed by atoms with Crippen LogP contribution in [0, 0.1) is 0 Å². The van der Waals surface area contributed by atoms with Crippen LogP contribution in [0.2, 0.25) is 0 Å². The molecule has 0 spiro atoms. The number of anilines is 1. The normalized spacial score (nSPS) is 10.9. The van der Waals surface area contributed by atoms with Crippen LogP contribution in [0.1, 0.15) is 12.0 Å². The van der Waals surface area contributed by atoms with E-state index in [1.807, 2.05) is 30.3 Å². The summed E-state index contributed by atoms with van der Waals surface area (Å²) in [5.74, 6) is -0.163. The van der Waals surface area contributed by atoms with Gasteiger partial charge in [0.15, 0.2) is 0 Å². The molecule has 0 unspecified atom stereocenters. The number of para-hydroxylation sites is 1. The minimum atomic E-state index is -0.163. The molecule has 140 valence electrons. The Bertz CT molecular complexity index is 1150. The van der Waals surface area contributed by atoms with E-state index in [0.29, 0.717) is 23.1 Å². The first-order valence-electron chi connectivity index (χ1n) is 8.84. The molecule has 28 heavy (non-hydrogen) atoms. The molecule has 0 radical (unpaired) electrons. The Morgan fingerprint density at radius 2 is 1.86 bits per heavy atom. The average molecular weight is 374 g/mol. The molecule has 8 heteroatoms. The molecular formula is C20H18N6O2. The van der Waals surface area contributed by atoms with Crippen molar-refractivity contribution in [2.75, 3.05) is 5.32 Å². The fourth-order valence-electron chi connectivity index (χ4n) is 2.91. The number of aromatic nitrogens is 5. The van der Waals surface area contributed by atoms with E-state index in [2.05, 4.69) is 20.4 Å². The first kappa shape index (κ1) is 17.6. The van der Waals surface area contributed by atoms with E-state index >= 15 is 0 Å². The molecule has 0 bridgehead atoms. The summed E-state index contributed by atoms with van der Waals surface area (Å²) in [6.45, 7) is 0.888. The number of hydrogen-bond acceptors (Lipinski definition) is 5. The number of amides is 1. The van der Waals surface area contributed by atoms with E-state index in [1.54, 1.807) is 29.2 Å². The van der Waals surface area contributed by atoms with E-state index < -0.39 is 0 Å². The van der Waals surface area contributed by atoms with E-state index in [9.17, 15) is 9.59 Å². The topological polar surface area (TPSA) is 94.7 Å². The fourth-order valence-corrected chi connectivity index (χ4v) is 2.91. The van der Waals surface area contributed by atoms with Gasteiger partial charge in [0.05, 0.1) is 23.8 Å². The zero-order chi connectivity index (χ0) is 19.3. The Morgan fingerprint density at radius 1 is 1.04 bits per heavy atom. The lowest BCUT2D eigenvalue weighted by atomic mass is 10.2. The monoisotopic (exact) mass is 374 g/mol. The third-order valence-corrected chi connectivity index (χ3v) is 4.36. The summed E-state index contributed by atoms with van der Waals surface area (Å²) < 4.78 is 3.19. The summed E-state index contributed by atoms with van der Waals surface area (Å²) in [6.07, 6.45) is 4.81. The number of fused-ring (bicyclic) bond motifs is 1. The molecule has 2 aromatic carbocycles. The zero-order valence-electron chi connectivity index (χ0n) is 15.0. The highest BCUT2D eigenvalue weighted by molar-refractivity contribution is 5.90. The maximum Gasteiger partial charge on any atom is 0.261 e.